The van der Waals surface area contributed by atoms with E-state index in [0.717, 1.165) is 10.6 Å². The molecule has 3 nitrogen and oxygen atoms in total. The lowest BCUT2D eigenvalue weighted by Crippen LogP contribution is -2.42. The smallest absolute Gasteiger partial charge is 0.456 e. The molecule has 0 aliphatic carbocycles. The molecular weight excluding hydrogens is 329 g/mol. The Labute approximate surface area is 106 Å². The lowest BCUT2D eigenvalue weighted by molar-refractivity contribution is -0.290. The molecule has 18 heavy (non-hydrogen) atoms. The lowest BCUT2D eigenvalue weighted by atomic mass is 10.3. The van der Waals surface area contributed by atoms with Crippen molar-refractivity contribution < 1.29 is 26.7 Å². The Morgan fingerprint density at radius 2 is 1.83 bits per heavy atom. The van der Waals surface area contributed by atoms with Crippen molar-refractivity contribution >= 4 is 15.9 Å². The van der Waals surface area contributed by atoms with Gasteiger partial charge in [0.15, 0.2) is 12.5 Å². The first-order chi connectivity index (χ1) is 8.06. The van der Waals surface area contributed by atoms with E-state index in [1.165, 1.54) is 13.1 Å². The first-order valence-corrected chi connectivity index (χ1v) is 5.28. The van der Waals surface area contributed by atoms with Crippen LogP contribution in [-0.2, 0) is 7.05 Å². The molecule has 0 N–H and O–H groups in total. The molecule has 1 heterocycles. The molecule has 1 aromatic heterocycles. The van der Waals surface area contributed by atoms with Crippen molar-refractivity contribution in [3.05, 3.63) is 27.0 Å². The first-order valence-electron chi connectivity index (χ1n) is 4.49. The zero-order valence-corrected chi connectivity index (χ0v) is 10.5. The van der Waals surface area contributed by atoms with Crippen LogP contribution in [0.25, 0.3) is 0 Å². The number of halogens is 6. The maximum absolute atomic E-state index is 12.6. The van der Waals surface area contributed by atoms with E-state index in [-0.39, 0.29) is 10.4 Å². The Hall–Kier alpha value is -1.12. The van der Waals surface area contributed by atoms with Crippen molar-refractivity contribution in [1.29, 1.82) is 0 Å². The SMILES string of the molecule is Cn1c(OCC(F)(F)C(F)(F)F)ccc(Br)c1=O. The Kier molecular flexibility index (Phi) is 4.04. The molecule has 1 rings (SSSR count). The molecule has 1 aromatic rings. The van der Waals surface area contributed by atoms with Gasteiger partial charge in [0, 0.05) is 7.05 Å². The molecule has 0 atom stereocenters. The standard InChI is InChI=1S/C9H7BrF5NO2/c1-16-6(3-2-5(10)7(16)17)18-4-8(11,12)9(13,14)15/h2-3H,4H2,1H3. The largest absolute Gasteiger partial charge is 0.472 e. The van der Waals surface area contributed by atoms with Gasteiger partial charge in [-0.05, 0) is 28.1 Å². The van der Waals surface area contributed by atoms with Crippen LogP contribution < -0.4 is 10.3 Å². The minimum Gasteiger partial charge on any atom is -0.472 e. The van der Waals surface area contributed by atoms with Gasteiger partial charge in [-0.25, -0.2) is 0 Å². The highest BCUT2D eigenvalue weighted by molar-refractivity contribution is 9.10. The summed E-state index contributed by atoms with van der Waals surface area (Å²) in [7, 11) is 1.19. The number of ether oxygens (including phenoxy) is 1. The van der Waals surface area contributed by atoms with E-state index in [4.69, 9.17) is 0 Å². The number of hydrogen-bond acceptors (Lipinski definition) is 2. The first kappa shape index (κ1) is 14.9. The number of pyridine rings is 1. The molecule has 102 valence electrons. The van der Waals surface area contributed by atoms with Crippen molar-refractivity contribution in [2.45, 2.75) is 12.1 Å². The van der Waals surface area contributed by atoms with Gasteiger partial charge < -0.3 is 4.74 Å². The summed E-state index contributed by atoms with van der Waals surface area (Å²) in [5, 5.41) is 0. The third kappa shape index (κ3) is 3.01. The summed E-state index contributed by atoms with van der Waals surface area (Å²) in [6.07, 6.45) is -5.69. The maximum Gasteiger partial charge on any atom is 0.456 e. The van der Waals surface area contributed by atoms with Gasteiger partial charge >= 0.3 is 12.1 Å². The van der Waals surface area contributed by atoms with Gasteiger partial charge in [-0.2, -0.15) is 22.0 Å². The second-order valence-corrected chi connectivity index (χ2v) is 4.23. The summed E-state index contributed by atoms with van der Waals surface area (Å²) in [6.45, 7) is -1.88. The molecule has 0 amide bonds. The zero-order valence-electron chi connectivity index (χ0n) is 8.89. The fourth-order valence-corrected chi connectivity index (χ4v) is 1.38. The molecule has 0 aromatic carbocycles. The highest BCUT2D eigenvalue weighted by atomic mass is 79.9. The second kappa shape index (κ2) is 4.87. The molecule has 0 unspecified atom stereocenters. The van der Waals surface area contributed by atoms with Crippen LogP contribution in [-0.4, -0.2) is 23.3 Å². The summed E-state index contributed by atoms with van der Waals surface area (Å²) >= 11 is 2.89. The molecule has 0 aliphatic heterocycles. The molecule has 9 heteroatoms. The average Bonchev–Trinajstić information content (AvgIpc) is 2.23. The summed E-state index contributed by atoms with van der Waals surface area (Å²) in [5.74, 6) is -5.36. The van der Waals surface area contributed by atoms with Crippen molar-refractivity contribution in [2.75, 3.05) is 6.61 Å². The highest BCUT2D eigenvalue weighted by Crippen LogP contribution is 2.35. The van der Waals surface area contributed by atoms with Gasteiger partial charge in [0.25, 0.3) is 5.56 Å². The van der Waals surface area contributed by atoms with Gasteiger partial charge in [-0.15, -0.1) is 0 Å². The predicted molar refractivity (Wildman–Crippen MR) is 55.9 cm³/mol. The molecule has 0 bridgehead atoms. The van der Waals surface area contributed by atoms with Gasteiger partial charge in [-0.1, -0.05) is 0 Å². The summed E-state index contributed by atoms with van der Waals surface area (Å²) in [5.41, 5.74) is -0.608. The van der Waals surface area contributed by atoms with Gasteiger partial charge in [-0.3, -0.25) is 9.36 Å². The van der Waals surface area contributed by atoms with E-state index in [2.05, 4.69) is 20.7 Å². The Balaban J connectivity index is 2.89. The van der Waals surface area contributed by atoms with Gasteiger partial charge in [0.05, 0.1) is 4.47 Å². The van der Waals surface area contributed by atoms with Crippen molar-refractivity contribution in [3.8, 4) is 5.88 Å². The predicted octanol–water partition coefficient (Wildman–Crippen LogP) is 2.72. The minimum atomic E-state index is -5.69. The third-order valence-corrected chi connectivity index (χ3v) is 2.63. The van der Waals surface area contributed by atoms with E-state index in [9.17, 15) is 26.7 Å². The zero-order chi connectivity index (χ0) is 14.1. The Morgan fingerprint density at radius 1 is 1.28 bits per heavy atom. The van der Waals surface area contributed by atoms with E-state index in [1.807, 2.05) is 0 Å². The highest BCUT2D eigenvalue weighted by Gasteiger charge is 2.58. The van der Waals surface area contributed by atoms with Crippen LogP contribution in [0.4, 0.5) is 22.0 Å². The van der Waals surface area contributed by atoms with Crippen LogP contribution in [0, 0.1) is 0 Å². The minimum absolute atomic E-state index is 0.139. The van der Waals surface area contributed by atoms with Crippen LogP contribution in [0.1, 0.15) is 0 Å². The molecule has 0 saturated carbocycles. The number of hydrogen-bond donors (Lipinski definition) is 0. The fraction of sp³-hybridized carbons (Fsp3) is 0.444. The van der Waals surface area contributed by atoms with Crippen LogP contribution in [0.5, 0.6) is 5.88 Å². The molecule has 0 fully saturated rings. The fourth-order valence-electron chi connectivity index (χ4n) is 0.979. The normalized spacial score (nSPS) is 12.6. The van der Waals surface area contributed by atoms with E-state index in [1.54, 1.807) is 0 Å². The molecule has 0 saturated heterocycles. The number of alkyl halides is 5. The maximum atomic E-state index is 12.6. The average molecular weight is 336 g/mol. The summed E-state index contributed by atoms with van der Waals surface area (Å²) in [6, 6.07) is 2.31. The number of rotatable bonds is 3. The van der Waals surface area contributed by atoms with Crippen LogP contribution in [0.2, 0.25) is 0 Å². The molecule has 0 aliphatic rings. The Morgan fingerprint density at radius 3 is 2.33 bits per heavy atom. The van der Waals surface area contributed by atoms with E-state index < -0.39 is 24.3 Å². The monoisotopic (exact) mass is 335 g/mol. The quantitative estimate of drug-likeness (QED) is 0.795. The molecule has 0 spiro atoms. The number of nitrogens with zero attached hydrogens (tertiary/aromatic N) is 1. The van der Waals surface area contributed by atoms with Gasteiger partial charge in [0.1, 0.15) is 0 Å². The van der Waals surface area contributed by atoms with Crippen LogP contribution >= 0.6 is 15.9 Å². The summed E-state index contributed by atoms with van der Waals surface area (Å²) < 4.78 is 66.1. The van der Waals surface area contributed by atoms with Crippen molar-refractivity contribution in [1.82, 2.24) is 4.57 Å². The third-order valence-electron chi connectivity index (χ3n) is 2.03. The van der Waals surface area contributed by atoms with E-state index in [0.29, 0.717) is 0 Å². The van der Waals surface area contributed by atoms with E-state index >= 15 is 0 Å². The van der Waals surface area contributed by atoms with Crippen molar-refractivity contribution in [2.24, 2.45) is 7.05 Å². The Bertz CT molecular complexity index is 497. The molecular formula is C9H7BrF5NO2. The number of aromatic nitrogens is 1. The lowest BCUT2D eigenvalue weighted by Gasteiger charge is -2.20. The topological polar surface area (TPSA) is 31.2 Å². The molecule has 0 radical (unpaired) electrons. The van der Waals surface area contributed by atoms with Crippen LogP contribution in [0.15, 0.2) is 21.4 Å². The van der Waals surface area contributed by atoms with Crippen LogP contribution in [0.3, 0.4) is 0 Å². The van der Waals surface area contributed by atoms with Gasteiger partial charge in [0.2, 0.25) is 0 Å². The summed E-state index contributed by atoms with van der Waals surface area (Å²) in [4.78, 5) is 11.3. The second-order valence-electron chi connectivity index (χ2n) is 3.37. The van der Waals surface area contributed by atoms with Crippen molar-refractivity contribution in [3.63, 3.8) is 0 Å².